The standard InChI is InChI=1S/C32H29N5O5S3/c38-24(18-22-12-7-17-43-22)33-25-29(39)37-26(31(40)42-27(20-8-3-1-4-9-20)21-10-5-2-6-11-21)23(19-44-30(25)37)28-34-35-32(45-28)36-13-15-41-16-14-36/h1-12,17,25,27,30H,13-16,18-19H2,(H,33,38). The fourth-order valence-electron chi connectivity index (χ4n) is 5.54. The summed E-state index contributed by atoms with van der Waals surface area (Å²) in [5, 5.41) is 14.5. The molecule has 2 saturated heterocycles. The van der Waals surface area contributed by atoms with E-state index in [9.17, 15) is 14.4 Å². The first-order valence-corrected chi connectivity index (χ1v) is 17.3. The monoisotopic (exact) mass is 659 g/mol. The summed E-state index contributed by atoms with van der Waals surface area (Å²) in [6.45, 7) is 2.61. The van der Waals surface area contributed by atoms with Gasteiger partial charge < -0.3 is 19.7 Å². The van der Waals surface area contributed by atoms with Crippen LogP contribution in [0.5, 0.6) is 0 Å². The molecule has 2 aromatic carbocycles. The molecule has 4 aromatic rings. The Kier molecular flexibility index (Phi) is 8.66. The van der Waals surface area contributed by atoms with E-state index in [1.165, 1.54) is 39.3 Å². The van der Waals surface area contributed by atoms with E-state index in [1.807, 2.05) is 78.2 Å². The first-order valence-electron chi connectivity index (χ1n) is 14.5. The molecular formula is C32H29N5O5S3. The number of thiophene rings is 1. The summed E-state index contributed by atoms with van der Waals surface area (Å²) in [5.74, 6) is -0.824. The molecule has 2 amide bonds. The van der Waals surface area contributed by atoms with Gasteiger partial charge in [-0.05, 0) is 22.6 Å². The molecule has 45 heavy (non-hydrogen) atoms. The topological polar surface area (TPSA) is 114 Å². The van der Waals surface area contributed by atoms with Crippen LogP contribution in [0.3, 0.4) is 0 Å². The highest BCUT2D eigenvalue weighted by atomic mass is 32.2. The Morgan fingerprint density at radius 3 is 2.36 bits per heavy atom. The Labute approximate surface area is 272 Å². The zero-order valence-corrected chi connectivity index (χ0v) is 26.5. The number of thioether (sulfide) groups is 1. The summed E-state index contributed by atoms with van der Waals surface area (Å²) >= 11 is 4.36. The zero-order chi connectivity index (χ0) is 30.8. The third kappa shape index (κ3) is 6.12. The molecule has 3 aliphatic rings. The highest BCUT2D eigenvalue weighted by Crippen LogP contribution is 2.45. The lowest BCUT2D eigenvalue weighted by molar-refractivity contribution is -0.154. The van der Waals surface area contributed by atoms with Gasteiger partial charge >= 0.3 is 5.97 Å². The Morgan fingerprint density at radius 1 is 0.978 bits per heavy atom. The molecule has 0 radical (unpaired) electrons. The number of ether oxygens (including phenoxy) is 2. The fraction of sp³-hybridized carbons (Fsp3) is 0.281. The van der Waals surface area contributed by atoms with E-state index in [4.69, 9.17) is 9.47 Å². The molecule has 7 rings (SSSR count). The van der Waals surface area contributed by atoms with Crippen molar-refractivity contribution < 1.29 is 23.9 Å². The number of anilines is 1. The number of carbonyl (C=O) groups excluding carboxylic acids is 3. The molecule has 13 heteroatoms. The molecule has 2 aromatic heterocycles. The summed E-state index contributed by atoms with van der Waals surface area (Å²) in [4.78, 5) is 45.3. The summed E-state index contributed by atoms with van der Waals surface area (Å²) in [6, 6.07) is 22.1. The Morgan fingerprint density at radius 2 is 1.69 bits per heavy atom. The summed E-state index contributed by atoms with van der Waals surface area (Å²) in [6.07, 6.45) is -0.502. The van der Waals surface area contributed by atoms with E-state index in [-0.39, 0.29) is 23.9 Å². The molecule has 3 aliphatic heterocycles. The number of β-lactam (4-membered cyclic amide) rings is 1. The molecular weight excluding hydrogens is 631 g/mol. The molecule has 0 spiro atoms. The first kappa shape index (κ1) is 29.7. The van der Waals surface area contributed by atoms with E-state index < -0.39 is 23.5 Å². The van der Waals surface area contributed by atoms with Crippen molar-refractivity contribution in [2.24, 2.45) is 0 Å². The number of nitrogens with zero attached hydrogens (tertiary/aromatic N) is 4. The largest absolute Gasteiger partial charge is 0.448 e. The van der Waals surface area contributed by atoms with Gasteiger partial charge in [-0.3, -0.25) is 14.5 Å². The Balaban J connectivity index is 1.21. The SMILES string of the molecule is O=C(Cc1cccs1)NC1C(=O)N2C(C(=O)OC(c3ccccc3)c3ccccc3)=C(c3nnc(N4CCOCC4)s3)CSC12. The van der Waals surface area contributed by atoms with Gasteiger partial charge in [0.15, 0.2) is 6.10 Å². The molecule has 230 valence electrons. The molecule has 0 bridgehead atoms. The van der Waals surface area contributed by atoms with Crippen LogP contribution < -0.4 is 10.2 Å². The fourth-order valence-corrected chi connectivity index (χ4v) is 8.62. The van der Waals surface area contributed by atoms with Gasteiger partial charge in [0, 0.05) is 29.3 Å². The minimum atomic E-state index is -0.746. The van der Waals surface area contributed by atoms with E-state index in [1.54, 1.807) is 0 Å². The number of fused-ring (bicyclic) bond motifs is 1. The van der Waals surface area contributed by atoms with Crippen LogP contribution in [-0.4, -0.2) is 76.4 Å². The van der Waals surface area contributed by atoms with E-state index in [0.29, 0.717) is 42.6 Å². The van der Waals surface area contributed by atoms with Gasteiger partial charge in [-0.2, -0.15) is 0 Å². The number of carbonyl (C=O) groups is 3. The predicted molar refractivity (Wildman–Crippen MR) is 174 cm³/mol. The molecule has 2 unspecified atom stereocenters. The van der Waals surface area contributed by atoms with Crippen LogP contribution in [0.15, 0.2) is 83.9 Å². The van der Waals surface area contributed by atoms with Crippen molar-refractivity contribution in [3.05, 3.63) is 105 Å². The normalized spacial score (nSPS) is 19.7. The number of benzene rings is 2. The average molecular weight is 660 g/mol. The van der Waals surface area contributed by atoms with E-state index in [0.717, 1.165) is 21.1 Å². The van der Waals surface area contributed by atoms with Crippen LogP contribution in [0, 0.1) is 0 Å². The number of rotatable bonds is 9. The molecule has 1 N–H and O–H groups in total. The lowest BCUT2D eigenvalue weighted by Crippen LogP contribution is -2.70. The van der Waals surface area contributed by atoms with Crippen LogP contribution in [0.4, 0.5) is 5.13 Å². The zero-order valence-electron chi connectivity index (χ0n) is 24.0. The number of morpholine rings is 1. The van der Waals surface area contributed by atoms with Crippen molar-refractivity contribution in [1.29, 1.82) is 0 Å². The van der Waals surface area contributed by atoms with Gasteiger partial charge in [0.25, 0.3) is 5.91 Å². The van der Waals surface area contributed by atoms with E-state index >= 15 is 0 Å². The summed E-state index contributed by atoms with van der Waals surface area (Å²) in [5.41, 5.74) is 2.35. The number of hydrogen-bond acceptors (Lipinski definition) is 11. The quantitative estimate of drug-likeness (QED) is 0.209. The minimum absolute atomic E-state index is 0.147. The highest BCUT2D eigenvalue weighted by Gasteiger charge is 2.55. The van der Waals surface area contributed by atoms with Gasteiger partial charge in [0.05, 0.1) is 19.6 Å². The van der Waals surface area contributed by atoms with Crippen molar-refractivity contribution in [1.82, 2.24) is 20.4 Å². The van der Waals surface area contributed by atoms with Crippen molar-refractivity contribution in [3.63, 3.8) is 0 Å². The minimum Gasteiger partial charge on any atom is -0.448 e. The molecule has 10 nitrogen and oxygen atoms in total. The summed E-state index contributed by atoms with van der Waals surface area (Å²) in [7, 11) is 0. The van der Waals surface area contributed by atoms with Crippen molar-refractivity contribution >= 4 is 62.9 Å². The third-order valence-corrected chi connectivity index (χ3v) is 11.0. The van der Waals surface area contributed by atoms with Gasteiger partial charge in [0.1, 0.15) is 22.1 Å². The molecule has 5 heterocycles. The highest BCUT2D eigenvalue weighted by molar-refractivity contribution is 8.00. The van der Waals surface area contributed by atoms with Gasteiger partial charge in [-0.25, -0.2) is 4.79 Å². The van der Waals surface area contributed by atoms with Crippen molar-refractivity contribution in [3.8, 4) is 0 Å². The Bertz CT molecular complexity index is 1670. The lowest BCUT2D eigenvalue weighted by atomic mass is 10.0. The van der Waals surface area contributed by atoms with Crippen LogP contribution >= 0.6 is 34.4 Å². The van der Waals surface area contributed by atoms with Crippen LogP contribution in [0.1, 0.15) is 27.1 Å². The average Bonchev–Trinajstić information content (AvgIpc) is 3.79. The molecule has 2 atom stereocenters. The number of aromatic nitrogens is 2. The van der Waals surface area contributed by atoms with Crippen molar-refractivity contribution in [2.45, 2.75) is 23.9 Å². The predicted octanol–water partition coefficient (Wildman–Crippen LogP) is 4.12. The lowest BCUT2D eigenvalue weighted by Gasteiger charge is -2.49. The van der Waals surface area contributed by atoms with E-state index in [2.05, 4.69) is 20.4 Å². The number of esters is 1. The Hall–Kier alpha value is -4.04. The summed E-state index contributed by atoms with van der Waals surface area (Å²) < 4.78 is 11.7. The van der Waals surface area contributed by atoms with Gasteiger partial charge in [-0.1, -0.05) is 78.1 Å². The maximum atomic E-state index is 14.3. The third-order valence-electron chi connectivity index (χ3n) is 7.78. The number of hydrogen-bond donors (Lipinski definition) is 1. The number of nitrogens with one attached hydrogen (secondary N) is 1. The first-order chi connectivity index (χ1) is 22.1. The molecule has 0 aliphatic carbocycles. The maximum absolute atomic E-state index is 14.3. The second-order valence-electron chi connectivity index (χ2n) is 10.6. The second-order valence-corrected chi connectivity index (χ2v) is 13.7. The number of amides is 2. The van der Waals surface area contributed by atoms with Crippen LogP contribution in [0.2, 0.25) is 0 Å². The maximum Gasteiger partial charge on any atom is 0.356 e. The second kappa shape index (κ2) is 13.1. The smallest absolute Gasteiger partial charge is 0.356 e. The molecule has 2 fully saturated rings. The van der Waals surface area contributed by atoms with Crippen LogP contribution in [0.25, 0.3) is 5.57 Å². The van der Waals surface area contributed by atoms with Crippen LogP contribution in [-0.2, 0) is 30.3 Å². The van der Waals surface area contributed by atoms with Crippen molar-refractivity contribution in [2.75, 3.05) is 37.0 Å². The van der Waals surface area contributed by atoms with Gasteiger partial charge in [-0.15, -0.1) is 33.3 Å². The molecule has 0 saturated carbocycles. The van der Waals surface area contributed by atoms with Gasteiger partial charge in [0.2, 0.25) is 11.0 Å².